The summed E-state index contributed by atoms with van der Waals surface area (Å²) < 4.78 is 33.0. The summed E-state index contributed by atoms with van der Waals surface area (Å²) in [6.07, 6.45) is 12.4. The van der Waals surface area contributed by atoms with Crippen molar-refractivity contribution in [2.45, 2.75) is 69.5 Å². The Morgan fingerprint density at radius 2 is 2.04 bits per heavy atom. The van der Waals surface area contributed by atoms with E-state index in [-0.39, 0.29) is 6.04 Å². The summed E-state index contributed by atoms with van der Waals surface area (Å²) in [6, 6.07) is -0.0236. The Hall–Kier alpha value is -1.67. The molecule has 2 aliphatic rings. The third kappa shape index (κ3) is 4.11. The molecule has 4 rings (SSSR count). The number of rotatable bonds is 8. The van der Waals surface area contributed by atoms with Crippen LogP contribution in [-0.4, -0.2) is 33.8 Å². The zero-order valence-corrected chi connectivity index (χ0v) is 17.0. The predicted molar refractivity (Wildman–Crippen MR) is 103 cm³/mol. The number of sulfonamides is 1. The summed E-state index contributed by atoms with van der Waals surface area (Å²) in [4.78, 5) is 4.38. The number of aryl methyl sites for hydroxylation is 2. The molecule has 0 spiro atoms. The molecular formula is C19H29N5O2S. The summed E-state index contributed by atoms with van der Waals surface area (Å²) in [7, 11) is -1.66. The van der Waals surface area contributed by atoms with Gasteiger partial charge in [0, 0.05) is 32.3 Å². The second-order valence-electron chi connectivity index (χ2n) is 8.07. The average molecular weight is 392 g/mol. The zero-order valence-electron chi connectivity index (χ0n) is 16.1. The minimum atomic E-state index is -3.57. The molecule has 0 aromatic carbocycles. The Morgan fingerprint density at radius 3 is 2.70 bits per heavy atom. The van der Waals surface area contributed by atoms with Crippen LogP contribution in [0.4, 0.5) is 0 Å². The lowest BCUT2D eigenvalue weighted by atomic mass is 9.97. The lowest BCUT2D eigenvalue weighted by molar-refractivity contribution is 0.438. The van der Waals surface area contributed by atoms with E-state index in [0.717, 1.165) is 44.5 Å². The van der Waals surface area contributed by atoms with E-state index in [4.69, 9.17) is 0 Å². The molecule has 0 saturated heterocycles. The smallest absolute Gasteiger partial charge is 0.258 e. The van der Waals surface area contributed by atoms with Crippen molar-refractivity contribution in [1.29, 1.82) is 0 Å². The average Bonchev–Trinajstić information content (AvgIpc) is 2.99. The van der Waals surface area contributed by atoms with Gasteiger partial charge in [-0.1, -0.05) is 13.3 Å². The fourth-order valence-electron chi connectivity index (χ4n) is 4.22. The summed E-state index contributed by atoms with van der Waals surface area (Å²) in [5.74, 6) is 1.78. The van der Waals surface area contributed by atoms with E-state index in [0.29, 0.717) is 16.9 Å². The highest BCUT2D eigenvalue weighted by Gasteiger charge is 2.34. The van der Waals surface area contributed by atoms with Gasteiger partial charge >= 0.3 is 0 Å². The quantitative estimate of drug-likeness (QED) is 0.748. The van der Waals surface area contributed by atoms with Crippen molar-refractivity contribution in [2.75, 3.05) is 0 Å². The van der Waals surface area contributed by atoms with Crippen LogP contribution in [0, 0.1) is 11.8 Å². The molecule has 2 atom stereocenters. The van der Waals surface area contributed by atoms with Crippen LogP contribution < -0.4 is 4.72 Å². The summed E-state index contributed by atoms with van der Waals surface area (Å²) in [5, 5.41) is 4.56. The normalized spacial score (nSPS) is 23.2. The second kappa shape index (κ2) is 7.39. The van der Waals surface area contributed by atoms with Crippen LogP contribution in [0.3, 0.4) is 0 Å². The van der Waals surface area contributed by atoms with Crippen LogP contribution in [0.2, 0.25) is 0 Å². The predicted octanol–water partition coefficient (Wildman–Crippen LogP) is 2.28. The number of hydrogen-bond donors (Lipinski definition) is 1. The molecule has 0 aliphatic heterocycles. The molecule has 0 amide bonds. The first-order valence-corrected chi connectivity index (χ1v) is 11.5. The van der Waals surface area contributed by atoms with Crippen molar-refractivity contribution in [3.8, 4) is 0 Å². The molecule has 148 valence electrons. The lowest BCUT2D eigenvalue weighted by Crippen LogP contribution is -2.39. The molecular weight excluding hydrogens is 362 g/mol. The SMILES string of the molecule is CCc1ncc(S(=O)(=O)NC2CCCC2Cc2cnn(C)c2)n1CC1CC1. The number of imidazole rings is 1. The Bertz CT molecular complexity index is 897. The van der Waals surface area contributed by atoms with Crippen molar-refractivity contribution in [3.05, 3.63) is 30.0 Å². The highest BCUT2D eigenvalue weighted by Crippen LogP contribution is 2.33. The van der Waals surface area contributed by atoms with Gasteiger partial charge in [-0.3, -0.25) is 4.68 Å². The van der Waals surface area contributed by atoms with Gasteiger partial charge in [0.1, 0.15) is 5.82 Å². The summed E-state index contributed by atoms with van der Waals surface area (Å²) in [6.45, 7) is 2.79. The first-order chi connectivity index (χ1) is 13.0. The van der Waals surface area contributed by atoms with Crippen molar-refractivity contribution in [2.24, 2.45) is 18.9 Å². The molecule has 8 heteroatoms. The molecule has 1 N–H and O–H groups in total. The van der Waals surface area contributed by atoms with Crippen molar-refractivity contribution in [1.82, 2.24) is 24.1 Å². The Kier molecular flexibility index (Phi) is 5.11. The van der Waals surface area contributed by atoms with Gasteiger partial charge in [0.05, 0.1) is 12.4 Å². The molecule has 0 bridgehead atoms. The van der Waals surface area contributed by atoms with Crippen LogP contribution >= 0.6 is 0 Å². The molecule has 2 heterocycles. The van der Waals surface area contributed by atoms with Crippen LogP contribution in [0.25, 0.3) is 0 Å². The molecule has 27 heavy (non-hydrogen) atoms. The molecule has 7 nitrogen and oxygen atoms in total. The van der Waals surface area contributed by atoms with E-state index in [9.17, 15) is 8.42 Å². The first-order valence-electron chi connectivity index (χ1n) is 10.0. The molecule has 2 unspecified atom stereocenters. The number of nitrogens with zero attached hydrogens (tertiary/aromatic N) is 4. The fourth-order valence-corrected chi connectivity index (χ4v) is 5.71. The van der Waals surface area contributed by atoms with E-state index < -0.39 is 10.0 Å². The van der Waals surface area contributed by atoms with Gasteiger partial charge in [-0.25, -0.2) is 18.1 Å². The van der Waals surface area contributed by atoms with E-state index in [1.807, 2.05) is 30.9 Å². The highest BCUT2D eigenvalue weighted by molar-refractivity contribution is 7.89. The van der Waals surface area contributed by atoms with Crippen LogP contribution in [0.1, 0.15) is 50.4 Å². The third-order valence-corrected chi connectivity index (χ3v) is 7.34. The van der Waals surface area contributed by atoms with Crippen LogP contribution in [-0.2, 0) is 36.5 Å². The van der Waals surface area contributed by atoms with Gasteiger partial charge < -0.3 is 4.57 Å². The monoisotopic (exact) mass is 391 g/mol. The Balaban J connectivity index is 1.51. The van der Waals surface area contributed by atoms with E-state index in [1.165, 1.54) is 24.6 Å². The van der Waals surface area contributed by atoms with Crippen molar-refractivity contribution in [3.63, 3.8) is 0 Å². The van der Waals surface area contributed by atoms with Crippen molar-refractivity contribution >= 4 is 10.0 Å². The van der Waals surface area contributed by atoms with Gasteiger partial charge in [-0.05, 0) is 49.5 Å². The van der Waals surface area contributed by atoms with E-state index in [2.05, 4.69) is 14.8 Å². The standard InChI is InChI=1S/C19H29N5O2S/c1-3-18-20-11-19(24(18)13-14-7-8-14)27(25,26)22-17-6-4-5-16(17)9-15-10-21-23(2)12-15/h10-12,14,16-17,22H,3-9,13H2,1-2H3. The van der Waals surface area contributed by atoms with E-state index in [1.54, 1.807) is 4.68 Å². The maximum Gasteiger partial charge on any atom is 0.258 e. The minimum absolute atomic E-state index is 0.0236. The molecule has 0 radical (unpaired) electrons. The van der Waals surface area contributed by atoms with Crippen LogP contribution in [0.5, 0.6) is 0 Å². The summed E-state index contributed by atoms with van der Waals surface area (Å²) in [5.41, 5.74) is 1.17. The molecule has 2 aliphatic carbocycles. The van der Waals surface area contributed by atoms with Gasteiger partial charge in [0.2, 0.25) is 0 Å². The number of hydrogen-bond acceptors (Lipinski definition) is 4. The Labute approximate surface area is 161 Å². The topological polar surface area (TPSA) is 81.8 Å². The molecule has 2 saturated carbocycles. The number of aromatic nitrogens is 4. The Morgan fingerprint density at radius 1 is 1.22 bits per heavy atom. The highest BCUT2D eigenvalue weighted by atomic mass is 32.2. The number of nitrogens with one attached hydrogen (secondary N) is 1. The molecule has 2 aromatic heterocycles. The second-order valence-corrected chi connectivity index (χ2v) is 9.73. The first kappa shape index (κ1) is 18.7. The lowest BCUT2D eigenvalue weighted by Gasteiger charge is -2.21. The molecule has 2 fully saturated rings. The molecule has 2 aromatic rings. The van der Waals surface area contributed by atoms with Gasteiger partial charge in [0.25, 0.3) is 10.0 Å². The fraction of sp³-hybridized carbons (Fsp3) is 0.684. The van der Waals surface area contributed by atoms with Gasteiger partial charge in [-0.15, -0.1) is 0 Å². The minimum Gasteiger partial charge on any atom is -0.318 e. The maximum atomic E-state index is 13.2. The van der Waals surface area contributed by atoms with Gasteiger partial charge in [0.15, 0.2) is 5.03 Å². The third-order valence-electron chi connectivity index (χ3n) is 5.85. The maximum absolute atomic E-state index is 13.2. The zero-order chi connectivity index (χ0) is 19.0. The summed E-state index contributed by atoms with van der Waals surface area (Å²) >= 11 is 0. The van der Waals surface area contributed by atoms with Crippen LogP contribution in [0.15, 0.2) is 23.6 Å². The largest absolute Gasteiger partial charge is 0.318 e. The van der Waals surface area contributed by atoms with E-state index >= 15 is 0 Å². The van der Waals surface area contributed by atoms with Crippen molar-refractivity contribution < 1.29 is 8.42 Å². The van der Waals surface area contributed by atoms with Gasteiger partial charge in [-0.2, -0.15) is 5.10 Å².